The van der Waals surface area contributed by atoms with Gasteiger partial charge in [-0.15, -0.1) is 0 Å². The Morgan fingerprint density at radius 2 is 1.95 bits per heavy atom. The zero-order valence-electron chi connectivity index (χ0n) is 12.0. The van der Waals surface area contributed by atoms with Gasteiger partial charge in [-0.05, 0) is 13.0 Å². The molecule has 1 N–H and O–H groups in total. The van der Waals surface area contributed by atoms with Gasteiger partial charge in [-0.2, -0.15) is 0 Å². The summed E-state index contributed by atoms with van der Waals surface area (Å²) < 4.78 is 0.724. The van der Waals surface area contributed by atoms with E-state index >= 15 is 0 Å². The molecule has 1 saturated heterocycles. The molecule has 6 nitrogen and oxygen atoms in total. The number of likely N-dealkylation sites (N-methyl/N-ethyl adjacent to an activating group) is 1. The van der Waals surface area contributed by atoms with Crippen molar-refractivity contribution >= 4 is 33.8 Å². The summed E-state index contributed by atoms with van der Waals surface area (Å²) in [6.07, 6.45) is 0. The standard InChI is InChI=1S/C14H16BrN3O3/c1-14(9-6-4-5-7-10(9)15)12(20)18(13(21)16-14)8-11(19)17(2)3/h4-7H,8H2,1-3H3,(H,16,21). The zero-order valence-corrected chi connectivity index (χ0v) is 13.6. The first-order valence-electron chi connectivity index (χ1n) is 6.36. The van der Waals surface area contributed by atoms with Gasteiger partial charge in [0.1, 0.15) is 12.1 Å². The maximum Gasteiger partial charge on any atom is 0.325 e. The van der Waals surface area contributed by atoms with Gasteiger partial charge in [0.25, 0.3) is 5.91 Å². The molecule has 21 heavy (non-hydrogen) atoms. The van der Waals surface area contributed by atoms with Crippen LogP contribution in [0.25, 0.3) is 0 Å². The maximum atomic E-state index is 12.6. The van der Waals surface area contributed by atoms with Crippen molar-refractivity contribution in [3.8, 4) is 0 Å². The number of carbonyl (C=O) groups is 3. The molecule has 1 aliphatic heterocycles. The monoisotopic (exact) mass is 353 g/mol. The molecule has 112 valence electrons. The highest BCUT2D eigenvalue weighted by atomic mass is 79.9. The van der Waals surface area contributed by atoms with Crippen molar-refractivity contribution in [2.75, 3.05) is 20.6 Å². The second-order valence-corrected chi connectivity index (χ2v) is 6.07. The number of benzene rings is 1. The number of nitrogens with zero attached hydrogens (tertiary/aromatic N) is 2. The van der Waals surface area contributed by atoms with Crippen LogP contribution in [0.4, 0.5) is 4.79 Å². The highest BCUT2D eigenvalue weighted by molar-refractivity contribution is 9.10. The number of imide groups is 1. The summed E-state index contributed by atoms with van der Waals surface area (Å²) in [4.78, 5) is 38.7. The van der Waals surface area contributed by atoms with E-state index in [1.54, 1.807) is 39.2 Å². The van der Waals surface area contributed by atoms with Gasteiger partial charge < -0.3 is 10.2 Å². The van der Waals surface area contributed by atoms with Gasteiger partial charge in [-0.25, -0.2) is 4.79 Å². The van der Waals surface area contributed by atoms with Crippen LogP contribution in [0.5, 0.6) is 0 Å². The predicted molar refractivity (Wildman–Crippen MR) is 80.4 cm³/mol. The Labute approximate surface area is 131 Å². The van der Waals surface area contributed by atoms with Gasteiger partial charge in [-0.1, -0.05) is 34.1 Å². The molecule has 1 aliphatic rings. The molecule has 0 bridgehead atoms. The fraction of sp³-hybridized carbons (Fsp3) is 0.357. The van der Waals surface area contributed by atoms with E-state index in [9.17, 15) is 14.4 Å². The van der Waals surface area contributed by atoms with E-state index in [-0.39, 0.29) is 12.5 Å². The van der Waals surface area contributed by atoms with Crippen molar-refractivity contribution < 1.29 is 14.4 Å². The van der Waals surface area contributed by atoms with E-state index in [0.717, 1.165) is 9.37 Å². The van der Waals surface area contributed by atoms with E-state index < -0.39 is 17.5 Å². The van der Waals surface area contributed by atoms with Crippen LogP contribution >= 0.6 is 15.9 Å². The molecule has 1 unspecified atom stereocenters. The minimum absolute atomic E-state index is 0.266. The first-order valence-corrected chi connectivity index (χ1v) is 7.16. The van der Waals surface area contributed by atoms with Gasteiger partial charge in [0.15, 0.2) is 0 Å². The molecule has 0 saturated carbocycles. The lowest BCUT2D eigenvalue weighted by atomic mass is 9.92. The van der Waals surface area contributed by atoms with Gasteiger partial charge in [0, 0.05) is 24.1 Å². The number of halogens is 1. The fourth-order valence-corrected chi connectivity index (χ4v) is 2.85. The fourth-order valence-electron chi connectivity index (χ4n) is 2.17. The maximum absolute atomic E-state index is 12.6. The smallest absolute Gasteiger partial charge is 0.325 e. The molecule has 0 radical (unpaired) electrons. The van der Waals surface area contributed by atoms with Crippen molar-refractivity contribution in [2.24, 2.45) is 0 Å². The SMILES string of the molecule is CN(C)C(=O)CN1C(=O)NC(C)(c2ccccc2Br)C1=O. The van der Waals surface area contributed by atoms with Crippen molar-refractivity contribution in [1.82, 2.24) is 15.1 Å². The molecule has 1 heterocycles. The van der Waals surface area contributed by atoms with E-state index in [1.165, 1.54) is 4.90 Å². The van der Waals surface area contributed by atoms with Gasteiger partial charge >= 0.3 is 6.03 Å². The largest absolute Gasteiger partial charge is 0.347 e. The Morgan fingerprint density at radius 1 is 1.33 bits per heavy atom. The Balaban J connectivity index is 2.33. The lowest BCUT2D eigenvalue weighted by Gasteiger charge is -2.23. The molecule has 0 aliphatic carbocycles. The zero-order chi connectivity index (χ0) is 15.8. The summed E-state index contributed by atoms with van der Waals surface area (Å²) in [6.45, 7) is 1.37. The molecule has 2 rings (SSSR count). The van der Waals surface area contributed by atoms with Crippen LogP contribution in [0.15, 0.2) is 28.7 Å². The third-order valence-corrected chi connectivity index (χ3v) is 4.17. The number of nitrogens with one attached hydrogen (secondary N) is 1. The van der Waals surface area contributed by atoms with Gasteiger partial charge in [-0.3, -0.25) is 14.5 Å². The lowest BCUT2D eigenvalue weighted by molar-refractivity contribution is -0.137. The predicted octanol–water partition coefficient (Wildman–Crippen LogP) is 1.30. The molecule has 0 aromatic heterocycles. The Morgan fingerprint density at radius 3 is 2.52 bits per heavy atom. The summed E-state index contributed by atoms with van der Waals surface area (Å²) in [6, 6.07) is 6.62. The first kappa shape index (κ1) is 15.5. The molecule has 1 atom stereocenters. The Bertz CT molecular complexity index is 617. The summed E-state index contributed by atoms with van der Waals surface area (Å²) in [5.41, 5.74) is -0.521. The van der Waals surface area contributed by atoms with E-state index in [1.807, 2.05) is 6.07 Å². The topological polar surface area (TPSA) is 69.7 Å². The Hall–Kier alpha value is -1.89. The second kappa shape index (κ2) is 5.48. The number of carbonyl (C=O) groups excluding carboxylic acids is 3. The summed E-state index contributed by atoms with van der Waals surface area (Å²) in [5, 5.41) is 2.67. The average molecular weight is 354 g/mol. The summed E-state index contributed by atoms with van der Waals surface area (Å²) >= 11 is 3.39. The highest BCUT2D eigenvalue weighted by Crippen LogP contribution is 2.33. The van der Waals surface area contributed by atoms with Gasteiger partial charge in [0.05, 0.1) is 0 Å². The Kier molecular flexibility index (Phi) is 4.04. The van der Waals surface area contributed by atoms with Gasteiger partial charge in [0.2, 0.25) is 5.91 Å². The molecule has 7 heteroatoms. The van der Waals surface area contributed by atoms with Crippen LogP contribution in [0.1, 0.15) is 12.5 Å². The number of hydrogen-bond donors (Lipinski definition) is 1. The molecular formula is C14H16BrN3O3. The van der Waals surface area contributed by atoms with Crippen LogP contribution in [0, 0.1) is 0 Å². The van der Waals surface area contributed by atoms with E-state index in [0.29, 0.717) is 5.56 Å². The molecule has 1 fully saturated rings. The summed E-state index contributed by atoms with van der Waals surface area (Å²) in [5.74, 6) is -0.746. The van der Waals surface area contributed by atoms with Crippen LogP contribution in [0.2, 0.25) is 0 Å². The third kappa shape index (κ3) is 2.65. The van der Waals surface area contributed by atoms with E-state index in [4.69, 9.17) is 0 Å². The average Bonchev–Trinajstić information content (AvgIpc) is 2.63. The third-order valence-electron chi connectivity index (χ3n) is 3.48. The number of amides is 4. The second-order valence-electron chi connectivity index (χ2n) is 5.21. The van der Waals surface area contributed by atoms with Crippen LogP contribution < -0.4 is 5.32 Å². The number of hydrogen-bond acceptors (Lipinski definition) is 3. The van der Waals surface area contributed by atoms with Crippen molar-refractivity contribution in [3.05, 3.63) is 34.3 Å². The lowest BCUT2D eigenvalue weighted by Crippen LogP contribution is -2.43. The van der Waals surface area contributed by atoms with Crippen LogP contribution in [-0.4, -0.2) is 48.3 Å². The first-order chi connectivity index (χ1) is 9.77. The quantitative estimate of drug-likeness (QED) is 0.832. The van der Waals surface area contributed by atoms with Crippen molar-refractivity contribution in [1.29, 1.82) is 0 Å². The van der Waals surface area contributed by atoms with E-state index in [2.05, 4.69) is 21.2 Å². The molecule has 0 spiro atoms. The number of urea groups is 1. The van der Waals surface area contributed by atoms with Crippen molar-refractivity contribution in [2.45, 2.75) is 12.5 Å². The molecule has 4 amide bonds. The molecule has 1 aromatic rings. The normalized spacial score (nSPS) is 21.4. The van der Waals surface area contributed by atoms with Crippen LogP contribution in [-0.2, 0) is 15.1 Å². The summed E-state index contributed by atoms with van der Waals surface area (Å²) in [7, 11) is 3.15. The van der Waals surface area contributed by atoms with Crippen molar-refractivity contribution in [3.63, 3.8) is 0 Å². The molecular weight excluding hydrogens is 338 g/mol. The van der Waals surface area contributed by atoms with Crippen LogP contribution in [0.3, 0.4) is 0 Å². The highest BCUT2D eigenvalue weighted by Gasteiger charge is 2.50. The molecule has 1 aromatic carbocycles. The minimum Gasteiger partial charge on any atom is -0.347 e. The number of rotatable bonds is 3. The minimum atomic E-state index is -1.18.